The van der Waals surface area contributed by atoms with Crippen molar-refractivity contribution in [2.75, 3.05) is 0 Å². The van der Waals surface area contributed by atoms with E-state index in [0.29, 0.717) is 12.8 Å². The van der Waals surface area contributed by atoms with Crippen molar-refractivity contribution in [2.24, 2.45) is 0 Å². The van der Waals surface area contributed by atoms with Crippen molar-refractivity contribution < 1.29 is 9.21 Å². The van der Waals surface area contributed by atoms with Gasteiger partial charge in [0.1, 0.15) is 11.5 Å². The summed E-state index contributed by atoms with van der Waals surface area (Å²) in [5.74, 6) is 1.65. The van der Waals surface area contributed by atoms with Crippen molar-refractivity contribution >= 4 is 5.91 Å². The highest BCUT2D eigenvalue weighted by atomic mass is 16.3. The molecule has 0 spiro atoms. The summed E-state index contributed by atoms with van der Waals surface area (Å²) in [6.07, 6.45) is 6.37. The molecule has 0 unspecified atom stereocenters. The monoisotopic (exact) mass is 385 g/mol. The number of carbonyl (C=O) groups excluding carboxylic acids is 1. The quantitative estimate of drug-likeness (QED) is 0.490. The Morgan fingerprint density at radius 2 is 1.86 bits per heavy atom. The van der Waals surface area contributed by atoms with E-state index in [-0.39, 0.29) is 11.9 Å². The van der Waals surface area contributed by atoms with Gasteiger partial charge in [-0.25, -0.2) is 4.98 Å². The molecule has 4 aromatic rings. The Kier molecular flexibility index (Phi) is 5.56. The maximum atomic E-state index is 12.4. The van der Waals surface area contributed by atoms with E-state index in [1.165, 1.54) is 0 Å². The molecule has 2 aromatic carbocycles. The SMILES string of the molecule is C[C@@H](NC(=O)CCc1ccc(-c2ccccc2)o1)c1ccc(-n2ccnc2)cc1. The average molecular weight is 385 g/mol. The molecule has 1 atom stereocenters. The van der Waals surface area contributed by atoms with Gasteiger partial charge in [-0.3, -0.25) is 4.79 Å². The summed E-state index contributed by atoms with van der Waals surface area (Å²) in [5, 5.41) is 3.06. The van der Waals surface area contributed by atoms with Crippen LogP contribution < -0.4 is 5.32 Å². The van der Waals surface area contributed by atoms with Crippen molar-refractivity contribution in [3.05, 3.63) is 96.8 Å². The molecule has 29 heavy (non-hydrogen) atoms. The lowest BCUT2D eigenvalue weighted by Crippen LogP contribution is -2.26. The third kappa shape index (κ3) is 4.63. The Hall–Kier alpha value is -3.60. The van der Waals surface area contributed by atoms with Crippen molar-refractivity contribution in [3.8, 4) is 17.0 Å². The predicted octanol–water partition coefficient (Wildman–Crippen LogP) is 4.94. The van der Waals surface area contributed by atoms with Crippen LogP contribution in [-0.2, 0) is 11.2 Å². The molecule has 5 heteroatoms. The Labute approximate surface area is 170 Å². The molecule has 2 heterocycles. The highest BCUT2D eigenvalue weighted by molar-refractivity contribution is 5.76. The molecule has 0 saturated heterocycles. The number of benzene rings is 2. The predicted molar refractivity (Wildman–Crippen MR) is 113 cm³/mol. The van der Waals surface area contributed by atoms with Crippen LogP contribution in [0.25, 0.3) is 17.0 Å². The number of carbonyl (C=O) groups is 1. The lowest BCUT2D eigenvalue weighted by molar-refractivity contribution is -0.121. The molecule has 0 aliphatic heterocycles. The van der Waals surface area contributed by atoms with Gasteiger partial charge >= 0.3 is 0 Å². The normalized spacial score (nSPS) is 11.9. The zero-order valence-corrected chi connectivity index (χ0v) is 16.3. The number of amides is 1. The standard InChI is InChI=1S/C24H23N3O2/c1-18(19-7-9-21(10-8-19)27-16-15-25-17-27)26-24(28)14-12-22-11-13-23(29-22)20-5-3-2-4-6-20/h2-11,13,15-18H,12,14H2,1H3,(H,26,28)/t18-/m1/s1. The van der Waals surface area contributed by atoms with Crippen molar-refractivity contribution in [1.82, 2.24) is 14.9 Å². The highest BCUT2D eigenvalue weighted by Crippen LogP contribution is 2.22. The van der Waals surface area contributed by atoms with E-state index >= 15 is 0 Å². The van der Waals surface area contributed by atoms with Gasteiger partial charge in [-0.1, -0.05) is 42.5 Å². The van der Waals surface area contributed by atoms with Gasteiger partial charge in [-0.15, -0.1) is 0 Å². The van der Waals surface area contributed by atoms with Gasteiger partial charge in [0, 0.05) is 36.5 Å². The summed E-state index contributed by atoms with van der Waals surface area (Å²) in [7, 11) is 0. The van der Waals surface area contributed by atoms with E-state index in [9.17, 15) is 4.79 Å². The van der Waals surface area contributed by atoms with Crippen LogP contribution in [0.2, 0.25) is 0 Å². The summed E-state index contributed by atoms with van der Waals surface area (Å²) >= 11 is 0. The molecule has 0 bridgehead atoms. The summed E-state index contributed by atoms with van der Waals surface area (Å²) in [6, 6.07) is 21.9. The minimum atomic E-state index is -0.0594. The second-order valence-corrected chi connectivity index (χ2v) is 6.98. The molecule has 0 fully saturated rings. The van der Waals surface area contributed by atoms with E-state index in [2.05, 4.69) is 10.3 Å². The van der Waals surface area contributed by atoms with Gasteiger partial charge in [0.2, 0.25) is 5.91 Å². The van der Waals surface area contributed by atoms with E-state index in [1.807, 2.05) is 84.4 Å². The maximum Gasteiger partial charge on any atom is 0.220 e. The largest absolute Gasteiger partial charge is 0.461 e. The number of imidazole rings is 1. The molecule has 4 rings (SSSR count). The molecule has 5 nitrogen and oxygen atoms in total. The fourth-order valence-corrected chi connectivity index (χ4v) is 3.25. The first-order chi connectivity index (χ1) is 14.2. The molecule has 0 radical (unpaired) electrons. The van der Waals surface area contributed by atoms with Crippen LogP contribution in [-0.4, -0.2) is 15.5 Å². The van der Waals surface area contributed by atoms with Crippen LogP contribution in [0.4, 0.5) is 0 Å². The Morgan fingerprint density at radius 3 is 2.59 bits per heavy atom. The van der Waals surface area contributed by atoms with Crippen molar-refractivity contribution in [2.45, 2.75) is 25.8 Å². The van der Waals surface area contributed by atoms with Crippen LogP contribution in [0, 0.1) is 0 Å². The van der Waals surface area contributed by atoms with Gasteiger partial charge in [0.25, 0.3) is 0 Å². The number of aryl methyl sites for hydroxylation is 1. The third-order valence-electron chi connectivity index (χ3n) is 4.89. The molecule has 0 saturated carbocycles. The summed E-state index contributed by atoms with van der Waals surface area (Å²) in [5.41, 5.74) is 3.14. The van der Waals surface area contributed by atoms with Crippen LogP contribution in [0.1, 0.15) is 30.7 Å². The molecular weight excluding hydrogens is 362 g/mol. The molecule has 1 amide bonds. The zero-order valence-electron chi connectivity index (χ0n) is 16.3. The fraction of sp³-hybridized carbons (Fsp3) is 0.167. The van der Waals surface area contributed by atoms with Crippen LogP contribution in [0.5, 0.6) is 0 Å². The summed E-state index contributed by atoms with van der Waals surface area (Å²) in [6.45, 7) is 1.99. The maximum absolute atomic E-state index is 12.4. The van der Waals surface area contributed by atoms with Gasteiger partial charge in [0.05, 0.1) is 12.4 Å². The summed E-state index contributed by atoms with van der Waals surface area (Å²) in [4.78, 5) is 16.4. The van der Waals surface area contributed by atoms with E-state index in [1.54, 1.807) is 12.5 Å². The van der Waals surface area contributed by atoms with Crippen molar-refractivity contribution in [3.63, 3.8) is 0 Å². The second kappa shape index (κ2) is 8.61. The van der Waals surface area contributed by atoms with Crippen molar-refractivity contribution in [1.29, 1.82) is 0 Å². The van der Waals surface area contributed by atoms with Gasteiger partial charge in [0.15, 0.2) is 0 Å². The lowest BCUT2D eigenvalue weighted by atomic mass is 10.1. The number of hydrogen-bond donors (Lipinski definition) is 1. The zero-order chi connectivity index (χ0) is 20.1. The first-order valence-corrected chi connectivity index (χ1v) is 9.71. The topological polar surface area (TPSA) is 60.1 Å². The molecule has 0 aliphatic carbocycles. The molecule has 1 N–H and O–H groups in total. The number of furan rings is 1. The number of aromatic nitrogens is 2. The average Bonchev–Trinajstić information content (AvgIpc) is 3.45. The van der Waals surface area contributed by atoms with Gasteiger partial charge in [-0.2, -0.15) is 0 Å². The highest BCUT2D eigenvalue weighted by Gasteiger charge is 2.11. The minimum absolute atomic E-state index is 0.00819. The fourth-order valence-electron chi connectivity index (χ4n) is 3.25. The van der Waals surface area contributed by atoms with Crippen LogP contribution >= 0.6 is 0 Å². The van der Waals surface area contributed by atoms with Gasteiger partial charge in [-0.05, 0) is 36.8 Å². The van der Waals surface area contributed by atoms with E-state index < -0.39 is 0 Å². The molecule has 2 aromatic heterocycles. The first-order valence-electron chi connectivity index (χ1n) is 9.71. The molecular formula is C24H23N3O2. The Balaban J connectivity index is 1.30. The van der Waals surface area contributed by atoms with Crippen LogP contribution in [0.15, 0.2) is 89.9 Å². The minimum Gasteiger partial charge on any atom is -0.461 e. The lowest BCUT2D eigenvalue weighted by Gasteiger charge is -2.15. The Morgan fingerprint density at radius 1 is 1.07 bits per heavy atom. The summed E-state index contributed by atoms with van der Waals surface area (Å²) < 4.78 is 7.82. The molecule has 0 aliphatic rings. The van der Waals surface area contributed by atoms with E-state index in [0.717, 1.165) is 28.3 Å². The second-order valence-electron chi connectivity index (χ2n) is 6.98. The third-order valence-corrected chi connectivity index (χ3v) is 4.89. The first kappa shape index (κ1) is 18.7. The molecule has 146 valence electrons. The van der Waals surface area contributed by atoms with E-state index in [4.69, 9.17) is 4.42 Å². The van der Waals surface area contributed by atoms with Crippen LogP contribution in [0.3, 0.4) is 0 Å². The number of nitrogens with one attached hydrogen (secondary N) is 1. The number of hydrogen-bond acceptors (Lipinski definition) is 3. The number of rotatable bonds is 7. The number of nitrogens with zero attached hydrogens (tertiary/aromatic N) is 2. The Bertz CT molecular complexity index is 1050. The van der Waals surface area contributed by atoms with Gasteiger partial charge < -0.3 is 14.3 Å². The smallest absolute Gasteiger partial charge is 0.220 e.